The van der Waals surface area contributed by atoms with Crippen LogP contribution in [0.4, 0.5) is 0 Å². The van der Waals surface area contributed by atoms with E-state index in [1.54, 1.807) is 4.68 Å². The maximum Gasteiger partial charge on any atom is 0.0964 e. The van der Waals surface area contributed by atoms with E-state index in [9.17, 15) is 0 Å². The highest BCUT2D eigenvalue weighted by molar-refractivity contribution is 4.92. The average molecular weight is 237 g/mol. The second kappa shape index (κ2) is 5.60. The molecule has 0 aliphatic heterocycles. The molecule has 5 heteroatoms. The van der Waals surface area contributed by atoms with Gasteiger partial charge in [0, 0.05) is 25.8 Å². The number of nitrogens with zero attached hydrogens (tertiary/aromatic N) is 3. The molecular weight excluding hydrogens is 214 g/mol. The van der Waals surface area contributed by atoms with E-state index in [0.717, 1.165) is 25.3 Å². The monoisotopic (exact) mass is 237 g/mol. The van der Waals surface area contributed by atoms with Gasteiger partial charge < -0.3 is 11.1 Å². The van der Waals surface area contributed by atoms with Crippen LogP contribution in [-0.2, 0) is 13.1 Å². The lowest BCUT2D eigenvalue weighted by molar-refractivity contribution is 0.314. The molecule has 1 aromatic heterocycles. The van der Waals surface area contributed by atoms with Crippen LogP contribution in [0.5, 0.6) is 0 Å². The molecule has 0 amide bonds. The van der Waals surface area contributed by atoms with E-state index >= 15 is 0 Å². The first-order valence-corrected chi connectivity index (χ1v) is 6.52. The molecule has 96 valence electrons. The second-order valence-corrected chi connectivity index (χ2v) is 5.38. The first kappa shape index (κ1) is 12.5. The molecule has 0 saturated heterocycles. The van der Waals surface area contributed by atoms with Crippen molar-refractivity contribution in [2.45, 2.75) is 45.7 Å². The van der Waals surface area contributed by atoms with Gasteiger partial charge in [-0.3, -0.25) is 4.68 Å². The summed E-state index contributed by atoms with van der Waals surface area (Å²) in [4.78, 5) is 0. The zero-order valence-corrected chi connectivity index (χ0v) is 10.7. The van der Waals surface area contributed by atoms with E-state index in [0.29, 0.717) is 12.0 Å². The van der Waals surface area contributed by atoms with Crippen molar-refractivity contribution in [2.75, 3.05) is 13.1 Å². The number of rotatable bonds is 6. The fraction of sp³-hybridized carbons (Fsp3) is 0.833. The summed E-state index contributed by atoms with van der Waals surface area (Å²) in [5, 5.41) is 11.6. The van der Waals surface area contributed by atoms with Crippen molar-refractivity contribution in [2.24, 2.45) is 11.1 Å². The van der Waals surface area contributed by atoms with E-state index in [2.05, 4.69) is 22.6 Å². The first-order chi connectivity index (χ1) is 8.22. The molecule has 2 rings (SSSR count). The normalized spacial score (nSPS) is 18.7. The minimum absolute atomic E-state index is 0.493. The fourth-order valence-corrected chi connectivity index (χ4v) is 2.56. The molecule has 0 radical (unpaired) electrons. The van der Waals surface area contributed by atoms with Crippen LogP contribution in [0.1, 0.15) is 38.3 Å². The van der Waals surface area contributed by atoms with Gasteiger partial charge in [0.1, 0.15) is 0 Å². The summed E-state index contributed by atoms with van der Waals surface area (Å²) >= 11 is 0. The number of hydrogen-bond acceptors (Lipinski definition) is 4. The summed E-state index contributed by atoms with van der Waals surface area (Å²) in [5.74, 6) is 0. The van der Waals surface area contributed by atoms with Crippen LogP contribution in [0.15, 0.2) is 6.20 Å². The number of nitrogens with two attached hydrogens (primary N) is 1. The van der Waals surface area contributed by atoms with Crippen molar-refractivity contribution in [1.82, 2.24) is 20.3 Å². The number of hydrogen-bond donors (Lipinski definition) is 2. The molecule has 1 fully saturated rings. The molecule has 3 N–H and O–H groups in total. The van der Waals surface area contributed by atoms with Crippen LogP contribution >= 0.6 is 0 Å². The van der Waals surface area contributed by atoms with Crippen molar-refractivity contribution < 1.29 is 0 Å². The molecule has 1 aliphatic carbocycles. The van der Waals surface area contributed by atoms with Gasteiger partial charge in [0.05, 0.1) is 12.2 Å². The van der Waals surface area contributed by atoms with Gasteiger partial charge in [-0.25, -0.2) is 0 Å². The van der Waals surface area contributed by atoms with E-state index < -0.39 is 0 Å². The van der Waals surface area contributed by atoms with Crippen LogP contribution in [0, 0.1) is 5.41 Å². The standard InChI is InChI=1S/C12H23N5/c1-12(4-2-3-5-12)10-14-8-11-9-17(7-6-13)16-15-11/h9,14H,2-8,10,13H2,1H3. The molecule has 1 saturated carbocycles. The molecule has 1 aliphatic rings. The van der Waals surface area contributed by atoms with Gasteiger partial charge in [-0.05, 0) is 18.3 Å². The van der Waals surface area contributed by atoms with Gasteiger partial charge in [-0.2, -0.15) is 0 Å². The van der Waals surface area contributed by atoms with Crippen LogP contribution in [-0.4, -0.2) is 28.1 Å². The van der Waals surface area contributed by atoms with Crippen molar-refractivity contribution in [1.29, 1.82) is 0 Å². The summed E-state index contributed by atoms with van der Waals surface area (Å²) in [5.41, 5.74) is 6.96. The molecule has 0 unspecified atom stereocenters. The van der Waals surface area contributed by atoms with Gasteiger partial charge in [-0.15, -0.1) is 5.10 Å². The molecule has 5 nitrogen and oxygen atoms in total. The minimum atomic E-state index is 0.493. The van der Waals surface area contributed by atoms with Gasteiger partial charge in [-0.1, -0.05) is 25.0 Å². The van der Waals surface area contributed by atoms with E-state index in [1.165, 1.54) is 25.7 Å². The largest absolute Gasteiger partial charge is 0.329 e. The molecule has 1 heterocycles. The Kier molecular flexibility index (Phi) is 4.12. The zero-order chi connectivity index (χ0) is 12.1. The van der Waals surface area contributed by atoms with Crippen molar-refractivity contribution in [3.8, 4) is 0 Å². The predicted molar refractivity (Wildman–Crippen MR) is 67.4 cm³/mol. The average Bonchev–Trinajstić information content (AvgIpc) is 2.90. The molecule has 0 bridgehead atoms. The molecule has 17 heavy (non-hydrogen) atoms. The Labute approximate surface area is 103 Å². The number of nitrogens with one attached hydrogen (secondary N) is 1. The Morgan fingerprint density at radius 3 is 2.94 bits per heavy atom. The summed E-state index contributed by atoms with van der Waals surface area (Å²) in [6.45, 7) is 5.61. The van der Waals surface area contributed by atoms with Gasteiger partial charge >= 0.3 is 0 Å². The highest BCUT2D eigenvalue weighted by Gasteiger charge is 2.27. The lowest BCUT2D eigenvalue weighted by Gasteiger charge is -2.23. The van der Waals surface area contributed by atoms with Crippen molar-refractivity contribution in [3.63, 3.8) is 0 Å². The lowest BCUT2D eigenvalue weighted by atomic mass is 9.89. The van der Waals surface area contributed by atoms with E-state index in [-0.39, 0.29) is 0 Å². The summed E-state index contributed by atoms with van der Waals surface area (Å²) < 4.78 is 1.80. The Hall–Kier alpha value is -0.940. The molecule has 0 aromatic carbocycles. The maximum atomic E-state index is 5.47. The third-order valence-corrected chi connectivity index (χ3v) is 3.61. The highest BCUT2D eigenvalue weighted by atomic mass is 15.4. The second-order valence-electron chi connectivity index (χ2n) is 5.38. The molecule has 0 spiro atoms. The number of aromatic nitrogens is 3. The Morgan fingerprint density at radius 2 is 2.24 bits per heavy atom. The fourth-order valence-electron chi connectivity index (χ4n) is 2.56. The van der Waals surface area contributed by atoms with Crippen LogP contribution in [0.3, 0.4) is 0 Å². The molecular formula is C12H23N5. The SMILES string of the molecule is CC1(CNCc2cn(CCN)nn2)CCCC1. The Balaban J connectivity index is 1.73. The molecule has 1 aromatic rings. The third kappa shape index (κ3) is 3.51. The van der Waals surface area contributed by atoms with Crippen LogP contribution in [0.2, 0.25) is 0 Å². The third-order valence-electron chi connectivity index (χ3n) is 3.61. The van der Waals surface area contributed by atoms with Crippen LogP contribution < -0.4 is 11.1 Å². The summed E-state index contributed by atoms with van der Waals surface area (Å²) in [6.07, 6.45) is 7.42. The summed E-state index contributed by atoms with van der Waals surface area (Å²) in [6, 6.07) is 0. The highest BCUT2D eigenvalue weighted by Crippen LogP contribution is 2.36. The molecule has 0 atom stereocenters. The maximum absolute atomic E-state index is 5.47. The first-order valence-electron chi connectivity index (χ1n) is 6.52. The van der Waals surface area contributed by atoms with Crippen LogP contribution in [0.25, 0.3) is 0 Å². The van der Waals surface area contributed by atoms with Gasteiger partial charge in [0.25, 0.3) is 0 Å². The Bertz CT molecular complexity index is 340. The lowest BCUT2D eigenvalue weighted by Crippen LogP contribution is -2.29. The summed E-state index contributed by atoms with van der Waals surface area (Å²) in [7, 11) is 0. The van der Waals surface area contributed by atoms with Crippen molar-refractivity contribution >= 4 is 0 Å². The van der Waals surface area contributed by atoms with E-state index in [1.807, 2.05) is 6.20 Å². The smallest absolute Gasteiger partial charge is 0.0964 e. The Morgan fingerprint density at radius 1 is 1.47 bits per heavy atom. The zero-order valence-electron chi connectivity index (χ0n) is 10.7. The van der Waals surface area contributed by atoms with Gasteiger partial charge in [0.15, 0.2) is 0 Å². The van der Waals surface area contributed by atoms with Crippen molar-refractivity contribution in [3.05, 3.63) is 11.9 Å². The topological polar surface area (TPSA) is 68.8 Å². The van der Waals surface area contributed by atoms with E-state index in [4.69, 9.17) is 5.73 Å². The van der Waals surface area contributed by atoms with Gasteiger partial charge in [0.2, 0.25) is 0 Å². The minimum Gasteiger partial charge on any atom is -0.329 e. The predicted octanol–water partition coefficient (Wildman–Crippen LogP) is 0.907. The quantitative estimate of drug-likeness (QED) is 0.771.